The van der Waals surface area contributed by atoms with Crippen molar-refractivity contribution in [3.8, 4) is 5.75 Å². The Bertz CT molecular complexity index is 1180. The van der Waals surface area contributed by atoms with Crippen molar-refractivity contribution in [3.05, 3.63) is 75.6 Å². The van der Waals surface area contributed by atoms with Gasteiger partial charge in [-0.1, -0.05) is 24.3 Å². The van der Waals surface area contributed by atoms with E-state index >= 15 is 0 Å². The van der Waals surface area contributed by atoms with E-state index in [0.29, 0.717) is 0 Å². The zero-order valence-corrected chi connectivity index (χ0v) is 20.2. The fourth-order valence-corrected chi connectivity index (χ4v) is 4.43. The number of benzene rings is 1. The summed E-state index contributed by atoms with van der Waals surface area (Å²) in [6.45, 7) is 6.46. The van der Waals surface area contributed by atoms with E-state index in [0.717, 1.165) is 0 Å². The summed E-state index contributed by atoms with van der Waals surface area (Å²) in [6.07, 6.45) is 3.10. The van der Waals surface area contributed by atoms with E-state index in [1.54, 1.807) is 63.3 Å². The molecule has 0 saturated carbocycles. The first-order chi connectivity index (χ1) is 15.9. The fourth-order valence-electron chi connectivity index (χ4n) is 2.93. The van der Waals surface area contributed by atoms with Gasteiger partial charge in [0.15, 0.2) is 6.23 Å². The molecule has 1 aliphatic heterocycles. The van der Waals surface area contributed by atoms with Gasteiger partial charge in [-0.2, -0.15) is 5.09 Å². The number of nitrogens with one attached hydrogen (secondary N) is 2. The van der Waals surface area contributed by atoms with E-state index in [2.05, 4.69) is 10.1 Å². The molecule has 2 heterocycles. The SMILES string of the molecule is C[C@H](NP(=O)(OC[C@@H]1C=C[C@H](n2ccc(=O)[nH]c2=O)O1)Oc1ccccc1)C(=O)OC(C)(C)C. The molecule has 1 aliphatic rings. The van der Waals surface area contributed by atoms with Crippen molar-refractivity contribution in [3.63, 3.8) is 0 Å². The third-order valence-corrected chi connectivity index (χ3v) is 6.06. The third-order valence-electron chi connectivity index (χ3n) is 4.42. The van der Waals surface area contributed by atoms with Crippen LogP contribution in [0, 0.1) is 0 Å². The lowest BCUT2D eigenvalue weighted by Crippen LogP contribution is -2.39. The number of carbonyl (C=O) groups excluding carboxylic acids is 1. The van der Waals surface area contributed by atoms with Gasteiger partial charge in [-0.15, -0.1) is 0 Å². The molecule has 0 fully saturated rings. The lowest BCUT2D eigenvalue weighted by Gasteiger charge is -2.26. The average molecular weight is 493 g/mol. The second-order valence-corrected chi connectivity index (χ2v) is 10.2. The van der Waals surface area contributed by atoms with Gasteiger partial charge in [0, 0.05) is 12.3 Å². The van der Waals surface area contributed by atoms with Gasteiger partial charge in [0.2, 0.25) is 0 Å². The molecule has 2 aromatic rings. The minimum Gasteiger partial charge on any atom is -0.459 e. The number of rotatable bonds is 9. The Morgan fingerprint density at radius 1 is 1.21 bits per heavy atom. The predicted molar refractivity (Wildman–Crippen MR) is 123 cm³/mol. The topological polar surface area (TPSA) is 138 Å². The Morgan fingerprint density at radius 2 is 1.91 bits per heavy atom. The molecule has 12 heteroatoms. The van der Waals surface area contributed by atoms with Crippen LogP contribution in [0.1, 0.15) is 33.9 Å². The van der Waals surface area contributed by atoms with Gasteiger partial charge in [0.1, 0.15) is 23.5 Å². The molecule has 1 aromatic carbocycles. The van der Waals surface area contributed by atoms with Gasteiger partial charge in [-0.3, -0.25) is 23.7 Å². The van der Waals surface area contributed by atoms with Crippen LogP contribution in [-0.2, 0) is 23.4 Å². The van der Waals surface area contributed by atoms with Crippen molar-refractivity contribution < 1.29 is 27.9 Å². The number of para-hydroxylation sites is 1. The monoisotopic (exact) mass is 493 g/mol. The van der Waals surface area contributed by atoms with E-state index in [1.807, 2.05) is 0 Å². The Kier molecular flexibility index (Phi) is 7.93. The van der Waals surface area contributed by atoms with Gasteiger partial charge >= 0.3 is 19.4 Å². The van der Waals surface area contributed by atoms with Crippen molar-refractivity contribution in [2.45, 2.75) is 51.7 Å². The Morgan fingerprint density at radius 3 is 2.56 bits per heavy atom. The minimum atomic E-state index is -4.06. The fraction of sp³-hybridized carbons (Fsp3) is 0.409. The van der Waals surface area contributed by atoms with Crippen LogP contribution in [0.15, 0.2) is 64.3 Å². The predicted octanol–water partition coefficient (Wildman–Crippen LogP) is 2.51. The number of hydrogen-bond acceptors (Lipinski definition) is 8. The van der Waals surface area contributed by atoms with Crippen LogP contribution in [0.3, 0.4) is 0 Å². The molecule has 0 bridgehead atoms. The van der Waals surface area contributed by atoms with Crippen LogP contribution >= 0.6 is 7.75 Å². The Labute approximate surface area is 196 Å². The Balaban J connectivity index is 1.68. The molecule has 0 aliphatic carbocycles. The van der Waals surface area contributed by atoms with Crippen LogP contribution < -0.4 is 20.9 Å². The minimum absolute atomic E-state index is 0.205. The summed E-state index contributed by atoms with van der Waals surface area (Å²) in [6, 6.07) is 8.57. The van der Waals surface area contributed by atoms with Crippen molar-refractivity contribution in [2.75, 3.05) is 6.61 Å². The largest absolute Gasteiger partial charge is 0.459 e. The lowest BCUT2D eigenvalue weighted by molar-refractivity contribution is -0.156. The van der Waals surface area contributed by atoms with Crippen LogP contribution in [0.4, 0.5) is 0 Å². The number of nitrogens with zero attached hydrogens (tertiary/aromatic N) is 1. The number of esters is 1. The van der Waals surface area contributed by atoms with E-state index in [1.165, 1.54) is 23.8 Å². The highest BCUT2D eigenvalue weighted by Gasteiger charge is 2.35. The molecule has 3 rings (SSSR count). The maximum Gasteiger partial charge on any atom is 0.459 e. The molecule has 11 nitrogen and oxygen atoms in total. The van der Waals surface area contributed by atoms with Gasteiger partial charge in [-0.25, -0.2) is 9.36 Å². The van der Waals surface area contributed by atoms with Crippen molar-refractivity contribution >= 4 is 13.7 Å². The number of ether oxygens (including phenoxy) is 2. The lowest BCUT2D eigenvalue weighted by atomic mass is 10.2. The van der Waals surface area contributed by atoms with Gasteiger partial charge < -0.3 is 14.0 Å². The van der Waals surface area contributed by atoms with E-state index < -0.39 is 48.9 Å². The zero-order chi connectivity index (χ0) is 24.9. The standard InChI is InChI=1S/C22H28N3O8P/c1-15(20(27)32-22(2,3)4)24-34(29,33-16-8-6-5-7-9-16)30-14-17-10-11-19(31-17)25-13-12-18(26)23-21(25)28/h5-13,15,17,19H,14H2,1-4H3,(H,24,29)(H,23,26,28)/t15-,17-,19+,34?/m0/s1. The molecule has 0 amide bonds. The summed E-state index contributed by atoms with van der Waals surface area (Å²) in [5.41, 5.74) is -1.88. The normalized spacial score (nSPS) is 20.5. The highest BCUT2D eigenvalue weighted by molar-refractivity contribution is 7.52. The molecule has 4 atom stereocenters. The van der Waals surface area contributed by atoms with E-state index in [9.17, 15) is 18.9 Å². The first kappa shape index (κ1) is 25.6. The van der Waals surface area contributed by atoms with Gasteiger partial charge in [-0.05, 0) is 45.9 Å². The summed E-state index contributed by atoms with van der Waals surface area (Å²) >= 11 is 0. The van der Waals surface area contributed by atoms with Crippen molar-refractivity contribution in [2.24, 2.45) is 0 Å². The smallest absolute Gasteiger partial charge is 0.459 e. The molecule has 0 spiro atoms. The summed E-state index contributed by atoms with van der Waals surface area (Å²) in [4.78, 5) is 37.8. The molecule has 0 saturated heterocycles. The number of hydrogen-bond donors (Lipinski definition) is 2. The molecule has 184 valence electrons. The summed E-state index contributed by atoms with van der Waals surface area (Å²) < 4.78 is 37.0. The summed E-state index contributed by atoms with van der Waals surface area (Å²) in [7, 11) is -4.06. The Hall–Kier alpha value is -2.98. The third kappa shape index (κ3) is 7.26. The summed E-state index contributed by atoms with van der Waals surface area (Å²) in [5, 5.41) is 2.61. The molecular formula is C22H28N3O8P. The van der Waals surface area contributed by atoms with Crippen LogP contribution in [-0.4, -0.2) is 39.9 Å². The van der Waals surface area contributed by atoms with Gasteiger partial charge in [0.25, 0.3) is 5.56 Å². The number of aromatic amines is 1. The highest BCUT2D eigenvalue weighted by Crippen LogP contribution is 2.45. The van der Waals surface area contributed by atoms with E-state index in [4.69, 9.17) is 18.5 Å². The number of carbonyl (C=O) groups is 1. The molecule has 1 aromatic heterocycles. The molecule has 34 heavy (non-hydrogen) atoms. The second-order valence-electron chi connectivity index (χ2n) is 8.55. The maximum absolute atomic E-state index is 13.5. The van der Waals surface area contributed by atoms with Crippen molar-refractivity contribution in [1.82, 2.24) is 14.6 Å². The van der Waals surface area contributed by atoms with Gasteiger partial charge in [0.05, 0.1) is 6.61 Å². The number of H-pyrrole nitrogens is 1. The maximum atomic E-state index is 13.5. The second kappa shape index (κ2) is 10.5. The van der Waals surface area contributed by atoms with Crippen LogP contribution in [0.25, 0.3) is 0 Å². The average Bonchev–Trinajstić information content (AvgIpc) is 3.20. The number of aromatic nitrogens is 2. The molecule has 2 N–H and O–H groups in total. The van der Waals surface area contributed by atoms with E-state index in [-0.39, 0.29) is 12.4 Å². The quantitative estimate of drug-likeness (QED) is 0.307. The molecule has 0 radical (unpaired) electrons. The summed E-state index contributed by atoms with van der Waals surface area (Å²) in [5.74, 6) is -0.349. The first-order valence-electron chi connectivity index (χ1n) is 10.6. The van der Waals surface area contributed by atoms with Crippen LogP contribution in [0.2, 0.25) is 0 Å². The first-order valence-corrected chi connectivity index (χ1v) is 12.1. The molecular weight excluding hydrogens is 465 g/mol. The molecule has 1 unspecified atom stereocenters. The highest BCUT2D eigenvalue weighted by atomic mass is 31.2. The van der Waals surface area contributed by atoms with Crippen molar-refractivity contribution in [1.29, 1.82) is 0 Å². The zero-order valence-electron chi connectivity index (χ0n) is 19.3. The van der Waals surface area contributed by atoms with Crippen LogP contribution in [0.5, 0.6) is 5.75 Å².